The van der Waals surface area contributed by atoms with Crippen LogP contribution in [-0.4, -0.2) is 21.9 Å². The second-order valence-corrected chi connectivity index (χ2v) is 6.08. The number of para-hydroxylation sites is 1. The molecule has 0 atom stereocenters. The highest BCUT2D eigenvalue weighted by Crippen LogP contribution is 2.39. The second-order valence-electron chi connectivity index (χ2n) is 6.08. The number of ether oxygens (including phenoxy) is 1. The maximum Gasteiger partial charge on any atom is 0.373 e. The van der Waals surface area contributed by atoms with Crippen LogP contribution in [0.1, 0.15) is 0 Å². The van der Waals surface area contributed by atoms with Crippen molar-refractivity contribution in [1.29, 1.82) is 0 Å². The fraction of sp³-hybridized carbons (Fsp3) is 0.0476. The predicted octanol–water partition coefficient (Wildman–Crippen LogP) is 5.10. The van der Waals surface area contributed by atoms with Gasteiger partial charge in [-0.05, 0) is 23.6 Å². The van der Waals surface area contributed by atoms with E-state index in [9.17, 15) is 10.1 Å². The zero-order chi connectivity index (χ0) is 19.5. The Kier molecular flexibility index (Phi) is 4.55. The van der Waals surface area contributed by atoms with E-state index in [1.165, 1.54) is 6.33 Å². The van der Waals surface area contributed by atoms with E-state index in [-0.39, 0.29) is 17.4 Å². The van der Waals surface area contributed by atoms with Crippen LogP contribution < -0.4 is 9.64 Å². The molecule has 1 aromatic heterocycles. The van der Waals surface area contributed by atoms with E-state index in [4.69, 9.17) is 4.74 Å². The quantitative estimate of drug-likeness (QED) is 0.358. The first-order chi connectivity index (χ1) is 13.6. The molecule has 0 aliphatic rings. The number of rotatable bonds is 5. The van der Waals surface area contributed by atoms with Gasteiger partial charge in [-0.3, -0.25) is 10.1 Å². The van der Waals surface area contributed by atoms with Gasteiger partial charge in [-0.15, -0.1) is 0 Å². The lowest BCUT2D eigenvalue weighted by atomic mass is 10.1. The second kappa shape index (κ2) is 7.32. The van der Waals surface area contributed by atoms with E-state index < -0.39 is 4.92 Å². The molecule has 0 unspecified atom stereocenters. The van der Waals surface area contributed by atoms with Crippen LogP contribution in [0.15, 0.2) is 79.1 Å². The number of anilines is 2. The molecule has 7 nitrogen and oxygen atoms in total. The zero-order valence-electron chi connectivity index (χ0n) is 15.0. The van der Waals surface area contributed by atoms with Gasteiger partial charge in [0, 0.05) is 18.1 Å². The lowest BCUT2D eigenvalue weighted by Crippen LogP contribution is -2.14. The van der Waals surface area contributed by atoms with Gasteiger partial charge in [0.25, 0.3) is 0 Å². The average molecular weight is 372 g/mol. The lowest BCUT2D eigenvalue weighted by molar-refractivity contribution is -0.385. The largest absolute Gasteiger partial charge is 0.433 e. The molecule has 4 rings (SSSR count). The number of hydrogen-bond acceptors (Lipinski definition) is 6. The van der Waals surface area contributed by atoms with Crippen molar-refractivity contribution in [2.24, 2.45) is 0 Å². The number of hydrogen-bond donors (Lipinski definition) is 0. The maximum absolute atomic E-state index is 11.9. The molecule has 0 saturated carbocycles. The lowest BCUT2D eigenvalue weighted by Gasteiger charge is -2.18. The summed E-state index contributed by atoms with van der Waals surface area (Å²) in [5, 5.41) is 13.7. The summed E-state index contributed by atoms with van der Waals surface area (Å²) in [6.45, 7) is 0. The highest BCUT2D eigenvalue weighted by Gasteiger charge is 2.28. The van der Waals surface area contributed by atoms with Crippen LogP contribution in [-0.2, 0) is 0 Å². The summed E-state index contributed by atoms with van der Waals surface area (Å²) in [6.07, 6.45) is 1.27. The number of fused-ring (bicyclic) bond motifs is 1. The number of aromatic nitrogens is 2. The van der Waals surface area contributed by atoms with Crippen molar-refractivity contribution in [1.82, 2.24) is 9.97 Å². The van der Waals surface area contributed by atoms with E-state index in [0.717, 1.165) is 16.5 Å². The van der Waals surface area contributed by atoms with Crippen LogP contribution >= 0.6 is 0 Å². The van der Waals surface area contributed by atoms with Crippen molar-refractivity contribution < 1.29 is 9.66 Å². The molecule has 0 saturated heterocycles. The molecule has 3 aromatic carbocycles. The molecule has 7 heteroatoms. The van der Waals surface area contributed by atoms with Crippen molar-refractivity contribution in [2.45, 2.75) is 0 Å². The van der Waals surface area contributed by atoms with E-state index in [0.29, 0.717) is 5.75 Å². The van der Waals surface area contributed by atoms with Crippen molar-refractivity contribution in [3.8, 4) is 11.6 Å². The topological polar surface area (TPSA) is 81.4 Å². The van der Waals surface area contributed by atoms with Crippen molar-refractivity contribution >= 4 is 28.0 Å². The molecular weight excluding hydrogens is 356 g/mol. The summed E-state index contributed by atoms with van der Waals surface area (Å²) in [5.74, 6) is 0.545. The van der Waals surface area contributed by atoms with E-state index in [1.807, 2.05) is 66.7 Å². The molecule has 0 N–H and O–H groups in total. The van der Waals surface area contributed by atoms with Gasteiger partial charge in [-0.25, -0.2) is 4.98 Å². The molecule has 0 amide bonds. The van der Waals surface area contributed by atoms with Crippen molar-refractivity contribution in [3.63, 3.8) is 0 Å². The molecule has 0 aliphatic carbocycles. The fourth-order valence-electron chi connectivity index (χ4n) is 3.00. The van der Waals surface area contributed by atoms with Gasteiger partial charge in [0.2, 0.25) is 5.82 Å². The Bertz CT molecular complexity index is 1140. The molecule has 0 spiro atoms. The third-order valence-corrected chi connectivity index (χ3v) is 4.37. The normalized spacial score (nSPS) is 10.6. The summed E-state index contributed by atoms with van der Waals surface area (Å²) >= 11 is 0. The summed E-state index contributed by atoms with van der Waals surface area (Å²) in [6, 6.07) is 22.5. The summed E-state index contributed by atoms with van der Waals surface area (Å²) in [7, 11) is 1.71. The Morgan fingerprint density at radius 3 is 2.43 bits per heavy atom. The zero-order valence-corrected chi connectivity index (χ0v) is 15.0. The van der Waals surface area contributed by atoms with Gasteiger partial charge in [0.1, 0.15) is 12.1 Å². The van der Waals surface area contributed by atoms with Crippen molar-refractivity contribution in [3.05, 3.63) is 89.2 Å². The highest BCUT2D eigenvalue weighted by molar-refractivity contribution is 5.88. The van der Waals surface area contributed by atoms with Gasteiger partial charge >= 0.3 is 11.6 Å². The molecule has 0 bridgehead atoms. The molecule has 0 radical (unpaired) electrons. The third-order valence-electron chi connectivity index (χ3n) is 4.37. The smallest absolute Gasteiger partial charge is 0.373 e. The minimum absolute atomic E-state index is 0.103. The molecule has 28 heavy (non-hydrogen) atoms. The molecule has 0 aliphatic heterocycles. The number of nitrogens with zero attached hydrogens (tertiary/aromatic N) is 4. The van der Waals surface area contributed by atoms with Crippen LogP contribution in [0.2, 0.25) is 0 Å². The SMILES string of the molecule is CN(c1ccccc1)c1ncnc(Oc2cccc3ccccc23)c1[N+](=O)[O-]. The Hall–Kier alpha value is -4.00. The highest BCUT2D eigenvalue weighted by atomic mass is 16.6. The Labute approximate surface area is 161 Å². The van der Waals surface area contributed by atoms with E-state index in [2.05, 4.69) is 9.97 Å². The first kappa shape index (κ1) is 17.4. The predicted molar refractivity (Wildman–Crippen MR) is 107 cm³/mol. The molecule has 0 fully saturated rings. The van der Waals surface area contributed by atoms with Crippen LogP contribution in [0.25, 0.3) is 10.8 Å². The van der Waals surface area contributed by atoms with Gasteiger partial charge < -0.3 is 9.64 Å². The van der Waals surface area contributed by atoms with Crippen LogP contribution in [0.4, 0.5) is 17.2 Å². The Morgan fingerprint density at radius 2 is 1.64 bits per heavy atom. The summed E-state index contributed by atoms with van der Waals surface area (Å²) in [5.41, 5.74) is 0.474. The first-order valence-corrected chi connectivity index (χ1v) is 8.59. The summed E-state index contributed by atoms with van der Waals surface area (Å²) in [4.78, 5) is 21.1. The fourth-order valence-corrected chi connectivity index (χ4v) is 3.00. The average Bonchev–Trinajstić information content (AvgIpc) is 2.74. The van der Waals surface area contributed by atoms with Gasteiger partial charge in [0.05, 0.1) is 4.92 Å². The number of benzene rings is 3. The minimum atomic E-state index is -0.519. The van der Waals surface area contributed by atoms with Gasteiger partial charge in [-0.1, -0.05) is 54.6 Å². The standard InChI is InChI=1S/C21H16N4O3/c1-24(16-10-3-2-4-11-16)20-19(25(26)27)21(23-14-22-20)28-18-13-7-9-15-8-5-6-12-17(15)18/h2-14H,1H3. The van der Waals surface area contributed by atoms with Crippen LogP contribution in [0.5, 0.6) is 11.6 Å². The van der Waals surface area contributed by atoms with Crippen molar-refractivity contribution in [2.75, 3.05) is 11.9 Å². The Balaban J connectivity index is 1.81. The third kappa shape index (κ3) is 3.21. The number of nitro groups is 1. The molecule has 4 aromatic rings. The monoisotopic (exact) mass is 372 g/mol. The maximum atomic E-state index is 11.9. The Morgan fingerprint density at radius 1 is 0.929 bits per heavy atom. The summed E-state index contributed by atoms with van der Waals surface area (Å²) < 4.78 is 5.89. The van der Waals surface area contributed by atoms with Gasteiger partial charge in [0.15, 0.2) is 0 Å². The minimum Gasteiger partial charge on any atom is -0.433 e. The van der Waals surface area contributed by atoms with E-state index in [1.54, 1.807) is 18.0 Å². The molecule has 1 heterocycles. The van der Waals surface area contributed by atoms with E-state index >= 15 is 0 Å². The molecule has 138 valence electrons. The molecular formula is C21H16N4O3. The van der Waals surface area contributed by atoms with Crippen LogP contribution in [0, 0.1) is 10.1 Å². The first-order valence-electron chi connectivity index (χ1n) is 8.59. The van der Waals surface area contributed by atoms with Gasteiger partial charge in [-0.2, -0.15) is 4.98 Å². The van der Waals surface area contributed by atoms with Crippen LogP contribution in [0.3, 0.4) is 0 Å².